The summed E-state index contributed by atoms with van der Waals surface area (Å²) in [5.74, 6) is 2.13. The zero-order chi connectivity index (χ0) is 17.0. The Morgan fingerprint density at radius 1 is 1.08 bits per heavy atom. The van der Waals surface area contributed by atoms with Crippen LogP contribution in [-0.4, -0.2) is 46.6 Å². The predicted molar refractivity (Wildman–Crippen MR) is 95.4 cm³/mol. The van der Waals surface area contributed by atoms with E-state index in [-0.39, 0.29) is 0 Å². The van der Waals surface area contributed by atoms with Crippen molar-refractivity contribution in [2.45, 2.75) is 44.6 Å². The van der Waals surface area contributed by atoms with Crippen molar-refractivity contribution < 1.29 is 18.9 Å². The molecule has 0 bridgehead atoms. The molecule has 5 heteroatoms. The molecule has 0 spiro atoms. The fourth-order valence-electron chi connectivity index (χ4n) is 2.91. The summed E-state index contributed by atoms with van der Waals surface area (Å²) < 4.78 is 22.1. The Balaban J connectivity index is 1.52. The molecule has 24 heavy (non-hydrogen) atoms. The summed E-state index contributed by atoms with van der Waals surface area (Å²) in [5, 5.41) is 3.48. The summed E-state index contributed by atoms with van der Waals surface area (Å²) in [6.45, 7) is 3.68. The maximum absolute atomic E-state index is 5.86. The van der Waals surface area contributed by atoms with Gasteiger partial charge in [0.15, 0.2) is 11.5 Å². The average molecular weight is 337 g/mol. The molecule has 1 saturated heterocycles. The van der Waals surface area contributed by atoms with Gasteiger partial charge in [0, 0.05) is 13.2 Å². The highest BCUT2D eigenvalue weighted by Crippen LogP contribution is 2.36. The number of unbranched alkanes of at least 4 members (excludes halogenated alkanes) is 3. The fraction of sp³-hybridized carbons (Fsp3) is 0.684. The molecule has 1 atom stereocenters. The molecule has 0 radical (unpaired) electrons. The Morgan fingerprint density at radius 3 is 2.50 bits per heavy atom. The van der Waals surface area contributed by atoms with Gasteiger partial charge in [-0.05, 0) is 44.4 Å². The van der Waals surface area contributed by atoms with E-state index in [2.05, 4.69) is 5.32 Å². The van der Waals surface area contributed by atoms with Gasteiger partial charge in [-0.15, -0.1) is 0 Å². The number of para-hydroxylation sites is 1. The van der Waals surface area contributed by atoms with Gasteiger partial charge in [-0.25, -0.2) is 0 Å². The van der Waals surface area contributed by atoms with Crippen LogP contribution in [0.15, 0.2) is 18.2 Å². The zero-order valence-electron chi connectivity index (χ0n) is 15.0. The normalized spacial score (nSPS) is 17.0. The second kappa shape index (κ2) is 11.2. The van der Waals surface area contributed by atoms with Crippen LogP contribution < -0.4 is 19.5 Å². The number of hydrogen-bond donors (Lipinski definition) is 1. The van der Waals surface area contributed by atoms with Crippen LogP contribution in [0.4, 0.5) is 0 Å². The third-order valence-corrected chi connectivity index (χ3v) is 4.27. The smallest absolute Gasteiger partial charge is 0.203 e. The van der Waals surface area contributed by atoms with Gasteiger partial charge in [0.25, 0.3) is 0 Å². The van der Waals surface area contributed by atoms with Crippen molar-refractivity contribution in [3.05, 3.63) is 18.2 Å². The lowest BCUT2D eigenvalue weighted by molar-refractivity contribution is 0.110. The van der Waals surface area contributed by atoms with E-state index in [1.807, 2.05) is 18.2 Å². The number of methoxy groups -OCH3 is 2. The molecule has 1 fully saturated rings. The standard InChI is InChI=1S/C19H31NO4/c1-21-17-10-7-11-18(22-2)19(17)24-13-6-4-3-5-12-20-15-16-9-8-14-23-16/h7,10-11,16,20H,3-6,8-9,12-15H2,1-2H3/t16-/m0/s1. The molecule has 1 aliphatic rings. The minimum Gasteiger partial charge on any atom is -0.493 e. The minimum atomic E-state index is 0.439. The van der Waals surface area contributed by atoms with Crippen LogP contribution in [0.5, 0.6) is 17.2 Å². The maximum atomic E-state index is 5.86. The van der Waals surface area contributed by atoms with Crippen LogP contribution in [0.1, 0.15) is 38.5 Å². The summed E-state index contributed by atoms with van der Waals surface area (Å²) in [4.78, 5) is 0. The van der Waals surface area contributed by atoms with Crippen molar-refractivity contribution in [1.29, 1.82) is 0 Å². The first kappa shape index (κ1) is 18.9. The van der Waals surface area contributed by atoms with Crippen molar-refractivity contribution >= 4 is 0 Å². The summed E-state index contributed by atoms with van der Waals surface area (Å²) in [6.07, 6.45) is 7.47. The Kier molecular flexibility index (Phi) is 8.77. The van der Waals surface area contributed by atoms with E-state index in [1.54, 1.807) is 14.2 Å². The summed E-state index contributed by atoms with van der Waals surface area (Å²) >= 11 is 0. The first-order valence-electron chi connectivity index (χ1n) is 9.01. The second-order valence-corrected chi connectivity index (χ2v) is 6.09. The highest BCUT2D eigenvalue weighted by Gasteiger charge is 2.14. The molecular weight excluding hydrogens is 306 g/mol. The summed E-state index contributed by atoms with van der Waals surface area (Å²) in [6, 6.07) is 5.67. The van der Waals surface area contributed by atoms with Crippen molar-refractivity contribution in [3.8, 4) is 17.2 Å². The molecule has 2 rings (SSSR count). The van der Waals surface area contributed by atoms with Crippen LogP contribution >= 0.6 is 0 Å². The average Bonchev–Trinajstić information content (AvgIpc) is 3.13. The van der Waals surface area contributed by atoms with Gasteiger partial charge < -0.3 is 24.3 Å². The number of ether oxygens (including phenoxy) is 4. The number of hydrogen-bond acceptors (Lipinski definition) is 5. The minimum absolute atomic E-state index is 0.439. The van der Waals surface area contributed by atoms with Gasteiger partial charge in [0.05, 0.1) is 26.9 Å². The summed E-state index contributed by atoms with van der Waals surface area (Å²) in [5.41, 5.74) is 0. The molecule has 0 unspecified atom stereocenters. The Labute approximate surface area is 145 Å². The van der Waals surface area contributed by atoms with Gasteiger partial charge in [0.1, 0.15) is 0 Å². The molecule has 1 N–H and O–H groups in total. The first-order valence-corrected chi connectivity index (χ1v) is 9.01. The molecule has 0 saturated carbocycles. The Bertz CT molecular complexity index is 438. The van der Waals surface area contributed by atoms with E-state index < -0.39 is 0 Å². The monoisotopic (exact) mass is 337 g/mol. The van der Waals surface area contributed by atoms with Gasteiger partial charge in [-0.1, -0.05) is 18.9 Å². The molecule has 136 valence electrons. The molecular formula is C19H31NO4. The highest BCUT2D eigenvalue weighted by atomic mass is 16.5. The van der Waals surface area contributed by atoms with Crippen molar-refractivity contribution in [2.24, 2.45) is 0 Å². The number of nitrogens with one attached hydrogen (secondary N) is 1. The second-order valence-electron chi connectivity index (χ2n) is 6.09. The highest BCUT2D eigenvalue weighted by molar-refractivity contribution is 5.51. The molecule has 0 aliphatic carbocycles. The van der Waals surface area contributed by atoms with Crippen LogP contribution in [-0.2, 0) is 4.74 Å². The summed E-state index contributed by atoms with van der Waals surface area (Å²) in [7, 11) is 3.29. The van der Waals surface area contributed by atoms with Crippen molar-refractivity contribution in [3.63, 3.8) is 0 Å². The molecule has 1 aromatic carbocycles. The van der Waals surface area contributed by atoms with Gasteiger partial charge >= 0.3 is 0 Å². The van der Waals surface area contributed by atoms with E-state index >= 15 is 0 Å². The lowest BCUT2D eigenvalue weighted by atomic mass is 10.2. The van der Waals surface area contributed by atoms with Crippen LogP contribution in [0.3, 0.4) is 0 Å². The Hall–Kier alpha value is -1.46. The van der Waals surface area contributed by atoms with Gasteiger partial charge in [-0.3, -0.25) is 0 Å². The van der Waals surface area contributed by atoms with E-state index in [9.17, 15) is 0 Å². The van der Waals surface area contributed by atoms with E-state index in [0.29, 0.717) is 30.0 Å². The molecule has 0 aromatic heterocycles. The van der Waals surface area contributed by atoms with E-state index in [1.165, 1.54) is 32.1 Å². The first-order chi connectivity index (χ1) is 11.8. The Morgan fingerprint density at radius 2 is 1.83 bits per heavy atom. The molecule has 0 amide bonds. The number of rotatable bonds is 12. The quantitative estimate of drug-likeness (QED) is 0.592. The predicted octanol–water partition coefficient (Wildman–Crippen LogP) is 3.41. The lowest BCUT2D eigenvalue weighted by Gasteiger charge is -2.14. The number of benzene rings is 1. The van der Waals surface area contributed by atoms with E-state index in [0.717, 1.165) is 26.1 Å². The largest absolute Gasteiger partial charge is 0.493 e. The third-order valence-electron chi connectivity index (χ3n) is 4.27. The van der Waals surface area contributed by atoms with Crippen molar-refractivity contribution in [2.75, 3.05) is 40.5 Å². The van der Waals surface area contributed by atoms with Crippen LogP contribution in [0.25, 0.3) is 0 Å². The van der Waals surface area contributed by atoms with Gasteiger partial charge in [0.2, 0.25) is 5.75 Å². The van der Waals surface area contributed by atoms with Crippen molar-refractivity contribution in [1.82, 2.24) is 5.32 Å². The van der Waals surface area contributed by atoms with Crippen LogP contribution in [0, 0.1) is 0 Å². The molecule has 1 aromatic rings. The lowest BCUT2D eigenvalue weighted by Crippen LogP contribution is -2.26. The topological polar surface area (TPSA) is 49.0 Å². The molecule has 5 nitrogen and oxygen atoms in total. The third kappa shape index (κ3) is 6.21. The SMILES string of the molecule is COc1cccc(OC)c1OCCCCCCNC[C@@H]1CCCO1. The van der Waals surface area contributed by atoms with Gasteiger partial charge in [-0.2, -0.15) is 0 Å². The maximum Gasteiger partial charge on any atom is 0.203 e. The molecule has 1 aliphatic heterocycles. The molecule has 1 heterocycles. The van der Waals surface area contributed by atoms with Crippen LogP contribution in [0.2, 0.25) is 0 Å². The fourth-order valence-corrected chi connectivity index (χ4v) is 2.91. The van der Waals surface area contributed by atoms with E-state index in [4.69, 9.17) is 18.9 Å². The zero-order valence-corrected chi connectivity index (χ0v) is 15.0.